The first-order valence-electron chi connectivity index (χ1n) is 5.39. The molecule has 0 aliphatic rings. The molecule has 0 aliphatic carbocycles. The predicted octanol–water partition coefficient (Wildman–Crippen LogP) is 5.75. The van der Waals surface area contributed by atoms with Crippen LogP contribution in [0.15, 0.2) is 45.3 Å². The standard InChI is InChI=1S/C14H11Br2ClO/c1-9-6-11(15)4-5-14(9)18-8-10-2-3-12(16)7-13(10)17/h2-7H,8H2,1H3. The van der Waals surface area contributed by atoms with E-state index < -0.39 is 0 Å². The maximum absolute atomic E-state index is 6.14. The van der Waals surface area contributed by atoms with Crippen LogP contribution >= 0.6 is 43.5 Å². The third kappa shape index (κ3) is 3.50. The highest BCUT2D eigenvalue weighted by Crippen LogP contribution is 2.26. The summed E-state index contributed by atoms with van der Waals surface area (Å²) in [6.07, 6.45) is 0. The fraction of sp³-hybridized carbons (Fsp3) is 0.143. The Morgan fingerprint density at radius 1 is 1.06 bits per heavy atom. The highest BCUT2D eigenvalue weighted by atomic mass is 79.9. The van der Waals surface area contributed by atoms with Crippen LogP contribution in [0.5, 0.6) is 5.75 Å². The van der Waals surface area contributed by atoms with Crippen LogP contribution < -0.4 is 4.74 Å². The third-order valence-corrected chi connectivity index (χ3v) is 3.87. The summed E-state index contributed by atoms with van der Waals surface area (Å²) in [6, 6.07) is 11.7. The van der Waals surface area contributed by atoms with E-state index in [0.717, 1.165) is 25.8 Å². The zero-order chi connectivity index (χ0) is 13.1. The maximum atomic E-state index is 6.14. The Labute approximate surface area is 128 Å². The van der Waals surface area contributed by atoms with Crippen molar-refractivity contribution in [1.82, 2.24) is 0 Å². The number of hydrogen-bond donors (Lipinski definition) is 0. The molecule has 0 unspecified atom stereocenters. The van der Waals surface area contributed by atoms with Gasteiger partial charge in [0.1, 0.15) is 12.4 Å². The van der Waals surface area contributed by atoms with Crippen molar-refractivity contribution in [2.75, 3.05) is 0 Å². The number of halogens is 3. The van der Waals surface area contributed by atoms with Gasteiger partial charge in [0.25, 0.3) is 0 Å². The number of benzene rings is 2. The van der Waals surface area contributed by atoms with Crippen LogP contribution in [0.1, 0.15) is 11.1 Å². The summed E-state index contributed by atoms with van der Waals surface area (Å²) in [6.45, 7) is 2.48. The monoisotopic (exact) mass is 388 g/mol. The van der Waals surface area contributed by atoms with Gasteiger partial charge in [-0.1, -0.05) is 49.5 Å². The van der Waals surface area contributed by atoms with E-state index >= 15 is 0 Å². The van der Waals surface area contributed by atoms with E-state index in [0.29, 0.717) is 11.6 Å². The molecule has 2 aromatic carbocycles. The summed E-state index contributed by atoms with van der Waals surface area (Å²) in [5.41, 5.74) is 2.07. The summed E-state index contributed by atoms with van der Waals surface area (Å²) in [7, 11) is 0. The normalized spacial score (nSPS) is 10.4. The van der Waals surface area contributed by atoms with Crippen LogP contribution in [-0.4, -0.2) is 0 Å². The Morgan fingerprint density at radius 3 is 2.39 bits per heavy atom. The molecule has 0 aliphatic heterocycles. The van der Waals surface area contributed by atoms with Crippen molar-refractivity contribution in [3.05, 3.63) is 61.5 Å². The van der Waals surface area contributed by atoms with E-state index in [1.165, 1.54) is 0 Å². The smallest absolute Gasteiger partial charge is 0.122 e. The van der Waals surface area contributed by atoms with Gasteiger partial charge in [0.2, 0.25) is 0 Å². The molecule has 2 aromatic rings. The SMILES string of the molecule is Cc1cc(Br)ccc1OCc1ccc(Br)cc1Cl. The highest BCUT2D eigenvalue weighted by Gasteiger charge is 2.04. The van der Waals surface area contributed by atoms with Gasteiger partial charge in [-0.05, 0) is 42.8 Å². The molecule has 2 rings (SSSR count). The predicted molar refractivity (Wildman–Crippen MR) is 82.4 cm³/mol. The number of aryl methyl sites for hydroxylation is 1. The molecule has 18 heavy (non-hydrogen) atoms. The van der Waals surface area contributed by atoms with E-state index in [2.05, 4.69) is 31.9 Å². The van der Waals surface area contributed by atoms with Gasteiger partial charge >= 0.3 is 0 Å². The van der Waals surface area contributed by atoms with E-state index in [9.17, 15) is 0 Å². The zero-order valence-electron chi connectivity index (χ0n) is 9.71. The lowest BCUT2D eigenvalue weighted by Gasteiger charge is -2.10. The average Bonchev–Trinajstić information content (AvgIpc) is 2.30. The molecular formula is C14H11Br2ClO. The molecule has 0 saturated carbocycles. The minimum Gasteiger partial charge on any atom is -0.489 e. The van der Waals surface area contributed by atoms with Crippen LogP contribution in [0.2, 0.25) is 5.02 Å². The van der Waals surface area contributed by atoms with Crippen molar-refractivity contribution >= 4 is 43.5 Å². The molecule has 0 bridgehead atoms. The van der Waals surface area contributed by atoms with Crippen LogP contribution in [0.4, 0.5) is 0 Å². The average molecular weight is 391 g/mol. The Hall–Kier alpha value is -0.510. The molecule has 0 amide bonds. The second kappa shape index (κ2) is 6.09. The van der Waals surface area contributed by atoms with Crippen LogP contribution in [0.3, 0.4) is 0 Å². The lowest BCUT2D eigenvalue weighted by atomic mass is 10.2. The number of rotatable bonds is 3. The fourth-order valence-electron chi connectivity index (χ4n) is 1.57. The van der Waals surface area contributed by atoms with Gasteiger partial charge in [-0.2, -0.15) is 0 Å². The molecule has 0 radical (unpaired) electrons. The summed E-state index contributed by atoms with van der Waals surface area (Å²) in [5, 5.41) is 0.708. The zero-order valence-corrected chi connectivity index (χ0v) is 13.6. The third-order valence-electron chi connectivity index (χ3n) is 2.54. The Morgan fingerprint density at radius 2 is 1.72 bits per heavy atom. The summed E-state index contributed by atoms with van der Waals surface area (Å²) < 4.78 is 7.80. The van der Waals surface area contributed by atoms with E-state index in [4.69, 9.17) is 16.3 Å². The van der Waals surface area contributed by atoms with Gasteiger partial charge in [0.05, 0.1) is 0 Å². The van der Waals surface area contributed by atoms with Crippen molar-refractivity contribution in [3.63, 3.8) is 0 Å². The molecular weight excluding hydrogens is 379 g/mol. The van der Waals surface area contributed by atoms with Crippen LogP contribution in [-0.2, 0) is 6.61 Å². The van der Waals surface area contributed by atoms with Gasteiger partial charge in [0.15, 0.2) is 0 Å². The molecule has 0 N–H and O–H groups in total. The molecule has 0 saturated heterocycles. The molecule has 94 valence electrons. The van der Waals surface area contributed by atoms with E-state index in [1.54, 1.807) is 0 Å². The van der Waals surface area contributed by atoms with Crippen LogP contribution in [0, 0.1) is 6.92 Å². The van der Waals surface area contributed by atoms with Crippen LogP contribution in [0.25, 0.3) is 0 Å². The van der Waals surface area contributed by atoms with Gasteiger partial charge in [0, 0.05) is 19.5 Å². The van der Waals surface area contributed by atoms with Crippen molar-refractivity contribution in [1.29, 1.82) is 0 Å². The van der Waals surface area contributed by atoms with Crippen molar-refractivity contribution < 1.29 is 4.74 Å². The maximum Gasteiger partial charge on any atom is 0.122 e. The summed E-state index contributed by atoms with van der Waals surface area (Å²) >= 11 is 13.0. The second-order valence-electron chi connectivity index (χ2n) is 3.93. The molecule has 4 heteroatoms. The molecule has 0 aromatic heterocycles. The molecule has 0 fully saturated rings. The first-order chi connectivity index (χ1) is 8.56. The van der Waals surface area contributed by atoms with Gasteiger partial charge in [-0.3, -0.25) is 0 Å². The van der Waals surface area contributed by atoms with Gasteiger partial charge in [-0.15, -0.1) is 0 Å². The molecule has 0 spiro atoms. The topological polar surface area (TPSA) is 9.23 Å². The second-order valence-corrected chi connectivity index (χ2v) is 6.17. The van der Waals surface area contributed by atoms with Crippen molar-refractivity contribution in [3.8, 4) is 5.75 Å². The lowest BCUT2D eigenvalue weighted by Crippen LogP contribution is -1.97. The summed E-state index contributed by atoms with van der Waals surface area (Å²) in [5.74, 6) is 0.872. The number of ether oxygens (including phenoxy) is 1. The van der Waals surface area contributed by atoms with Crippen molar-refractivity contribution in [2.45, 2.75) is 13.5 Å². The Kier molecular flexibility index (Phi) is 4.71. The van der Waals surface area contributed by atoms with E-state index in [-0.39, 0.29) is 0 Å². The fourth-order valence-corrected chi connectivity index (χ4v) is 2.77. The minimum absolute atomic E-state index is 0.467. The first kappa shape index (κ1) is 13.9. The highest BCUT2D eigenvalue weighted by molar-refractivity contribution is 9.10. The quantitative estimate of drug-likeness (QED) is 0.648. The molecule has 0 atom stereocenters. The van der Waals surface area contributed by atoms with Gasteiger partial charge < -0.3 is 4.74 Å². The first-order valence-corrected chi connectivity index (χ1v) is 7.35. The molecule has 0 heterocycles. The van der Waals surface area contributed by atoms with Gasteiger partial charge in [-0.25, -0.2) is 0 Å². The minimum atomic E-state index is 0.467. The Bertz CT molecular complexity index is 518. The Balaban J connectivity index is 2.11. The van der Waals surface area contributed by atoms with E-state index in [1.807, 2.05) is 43.3 Å². The summed E-state index contributed by atoms with van der Waals surface area (Å²) in [4.78, 5) is 0. The molecule has 1 nitrogen and oxygen atoms in total. The lowest BCUT2D eigenvalue weighted by molar-refractivity contribution is 0.304. The van der Waals surface area contributed by atoms with Crippen molar-refractivity contribution in [2.24, 2.45) is 0 Å². The largest absolute Gasteiger partial charge is 0.489 e. The number of hydrogen-bond acceptors (Lipinski definition) is 1.